The van der Waals surface area contributed by atoms with Crippen molar-refractivity contribution in [1.82, 2.24) is 0 Å². The van der Waals surface area contributed by atoms with Gasteiger partial charge in [0.15, 0.2) is 13.2 Å². The number of nitrogens with two attached hydrogens (primary N) is 1. The molecule has 0 fully saturated rings. The number of aryl methyl sites for hydroxylation is 2. The number of primary amides is 1. The topological polar surface area (TPSA) is 108 Å². The van der Waals surface area contributed by atoms with Gasteiger partial charge in [-0.15, -0.1) is 11.8 Å². The zero-order chi connectivity index (χ0) is 20.5. The van der Waals surface area contributed by atoms with Crippen LogP contribution in [0.1, 0.15) is 11.1 Å². The lowest BCUT2D eigenvalue weighted by atomic mass is 10.1. The summed E-state index contributed by atoms with van der Waals surface area (Å²) in [6, 6.07) is 12.6. The van der Waals surface area contributed by atoms with Crippen LogP contribution in [0.3, 0.4) is 0 Å². The Kier molecular flexibility index (Phi) is 7.88. The summed E-state index contributed by atoms with van der Waals surface area (Å²) in [5.74, 6) is -0.932. The number of benzene rings is 2. The first kappa shape index (κ1) is 21.3. The predicted molar refractivity (Wildman–Crippen MR) is 107 cm³/mol. The van der Waals surface area contributed by atoms with Crippen LogP contribution in [0.25, 0.3) is 0 Å². The summed E-state index contributed by atoms with van der Waals surface area (Å²) in [4.78, 5) is 35.5. The van der Waals surface area contributed by atoms with E-state index in [0.29, 0.717) is 16.3 Å². The summed E-state index contributed by atoms with van der Waals surface area (Å²) >= 11 is 1.21. The lowest BCUT2D eigenvalue weighted by molar-refractivity contribution is -0.149. The summed E-state index contributed by atoms with van der Waals surface area (Å²) in [6.45, 7) is 3.13. The van der Waals surface area contributed by atoms with Gasteiger partial charge in [0.25, 0.3) is 5.91 Å². The molecule has 0 saturated carbocycles. The second-order valence-electron chi connectivity index (χ2n) is 6.07. The fraction of sp³-hybridized carbons (Fsp3) is 0.250. The number of thioether (sulfide) groups is 1. The van der Waals surface area contributed by atoms with Gasteiger partial charge in [-0.25, -0.2) is 4.79 Å². The van der Waals surface area contributed by atoms with E-state index in [1.807, 2.05) is 32.0 Å². The molecule has 7 nitrogen and oxygen atoms in total. The molecule has 0 unspecified atom stereocenters. The van der Waals surface area contributed by atoms with Crippen molar-refractivity contribution in [2.75, 3.05) is 24.3 Å². The molecule has 0 aliphatic rings. The number of esters is 1. The van der Waals surface area contributed by atoms with Gasteiger partial charge in [0.1, 0.15) is 5.75 Å². The third-order valence-corrected chi connectivity index (χ3v) is 4.54. The Balaban J connectivity index is 1.80. The predicted octanol–water partition coefficient (Wildman–Crippen LogP) is 2.44. The van der Waals surface area contributed by atoms with Gasteiger partial charge in [0, 0.05) is 4.90 Å². The van der Waals surface area contributed by atoms with E-state index in [1.165, 1.54) is 11.8 Å². The number of nitrogens with one attached hydrogen (secondary N) is 1. The Morgan fingerprint density at radius 3 is 2.39 bits per heavy atom. The first-order chi connectivity index (χ1) is 13.3. The van der Waals surface area contributed by atoms with E-state index in [-0.39, 0.29) is 12.4 Å². The minimum Gasteiger partial charge on any atom is -0.482 e. The Bertz CT molecular complexity index is 849. The van der Waals surface area contributed by atoms with Gasteiger partial charge in [0.05, 0.1) is 11.4 Å². The van der Waals surface area contributed by atoms with Crippen molar-refractivity contribution >= 4 is 35.2 Å². The first-order valence-electron chi connectivity index (χ1n) is 8.50. The number of rotatable bonds is 9. The average Bonchev–Trinajstić information content (AvgIpc) is 2.63. The van der Waals surface area contributed by atoms with Gasteiger partial charge in [-0.2, -0.15) is 0 Å². The maximum absolute atomic E-state index is 12.0. The van der Waals surface area contributed by atoms with Crippen LogP contribution in [-0.4, -0.2) is 36.8 Å². The van der Waals surface area contributed by atoms with Crippen LogP contribution in [-0.2, 0) is 19.1 Å². The lowest BCUT2D eigenvalue weighted by Crippen LogP contribution is -2.24. The largest absolute Gasteiger partial charge is 0.482 e. The van der Waals surface area contributed by atoms with Crippen LogP contribution in [0.4, 0.5) is 5.69 Å². The fourth-order valence-corrected chi connectivity index (χ4v) is 3.12. The molecule has 0 atom stereocenters. The molecule has 0 aliphatic heterocycles. The van der Waals surface area contributed by atoms with Crippen molar-refractivity contribution in [1.29, 1.82) is 0 Å². The van der Waals surface area contributed by atoms with Crippen molar-refractivity contribution in [3.8, 4) is 5.75 Å². The standard InChI is InChI=1S/C20H22N2O5S/c1-13-7-14(2)9-15(8-13)26-11-20(25)27-10-19(24)22-16-5-3-4-6-17(16)28-12-18(21)23/h3-9H,10-12H2,1-2H3,(H2,21,23)(H,22,24). The molecule has 2 aromatic rings. The number of amides is 2. The minimum atomic E-state index is -0.648. The molecule has 0 spiro atoms. The quantitative estimate of drug-likeness (QED) is 0.493. The number of hydrogen-bond donors (Lipinski definition) is 2. The molecule has 2 amide bonds. The van der Waals surface area contributed by atoms with Crippen molar-refractivity contribution in [2.24, 2.45) is 5.73 Å². The molecule has 3 N–H and O–H groups in total. The van der Waals surface area contributed by atoms with Crippen LogP contribution in [0, 0.1) is 13.8 Å². The molecule has 0 saturated heterocycles. The molecule has 0 radical (unpaired) electrons. The maximum atomic E-state index is 12.0. The molecule has 8 heteroatoms. The molecular weight excluding hydrogens is 380 g/mol. The average molecular weight is 402 g/mol. The zero-order valence-electron chi connectivity index (χ0n) is 15.7. The van der Waals surface area contributed by atoms with Crippen LogP contribution in [0.2, 0.25) is 0 Å². The van der Waals surface area contributed by atoms with E-state index in [2.05, 4.69) is 5.32 Å². The second kappa shape index (κ2) is 10.4. The van der Waals surface area contributed by atoms with E-state index in [9.17, 15) is 14.4 Å². The Hall–Kier alpha value is -3.00. The molecule has 0 bridgehead atoms. The first-order valence-corrected chi connectivity index (χ1v) is 9.49. The summed E-state index contributed by atoms with van der Waals surface area (Å²) < 4.78 is 10.3. The SMILES string of the molecule is Cc1cc(C)cc(OCC(=O)OCC(=O)Nc2ccccc2SCC(N)=O)c1. The molecule has 0 heterocycles. The van der Waals surface area contributed by atoms with Gasteiger partial charge >= 0.3 is 5.97 Å². The Morgan fingerprint density at radius 2 is 1.71 bits per heavy atom. The zero-order valence-corrected chi connectivity index (χ0v) is 16.5. The third kappa shape index (κ3) is 7.32. The van der Waals surface area contributed by atoms with Crippen LogP contribution in [0.15, 0.2) is 47.4 Å². The van der Waals surface area contributed by atoms with Gasteiger partial charge in [0.2, 0.25) is 5.91 Å². The highest BCUT2D eigenvalue weighted by Crippen LogP contribution is 2.26. The monoisotopic (exact) mass is 402 g/mol. The highest BCUT2D eigenvalue weighted by molar-refractivity contribution is 8.00. The van der Waals surface area contributed by atoms with Gasteiger partial charge in [-0.1, -0.05) is 18.2 Å². The van der Waals surface area contributed by atoms with Crippen LogP contribution < -0.4 is 15.8 Å². The van der Waals surface area contributed by atoms with Crippen LogP contribution >= 0.6 is 11.8 Å². The number of anilines is 1. The van der Waals surface area contributed by atoms with Gasteiger partial charge in [-0.05, 0) is 49.2 Å². The number of carbonyl (C=O) groups excluding carboxylic acids is 3. The summed E-state index contributed by atoms with van der Waals surface area (Å²) in [7, 11) is 0. The van der Waals surface area contributed by atoms with E-state index < -0.39 is 24.4 Å². The number of carbonyl (C=O) groups is 3. The molecule has 2 rings (SSSR count). The molecular formula is C20H22N2O5S. The van der Waals surface area contributed by atoms with Crippen molar-refractivity contribution in [3.05, 3.63) is 53.6 Å². The van der Waals surface area contributed by atoms with Crippen molar-refractivity contribution in [3.63, 3.8) is 0 Å². The smallest absolute Gasteiger partial charge is 0.344 e. The van der Waals surface area contributed by atoms with Crippen molar-refractivity contribution in [2.45, 2.75) is 18.7 Å². The molecule has 2 aromatic carbocycles. The maximum Gasteiger partial charge on any atom is 0.344 e. The van der Waals surface area contributed by atoms with E-state index in [4.69, 9.17) is 15.2 Å². The normalized spacial score (nSPS) is 10.2. The van der Waals surface area contributed by atoms with Gasteiger partial charge in [-0.3, -0.25) is 9.59 Å². The van der Waals surface area contributed by atoms with Crippen LogP contribution in [0.5, 0.6) is 5.75 Å². The van der Waals surface area contributed by atoms with E-state index in [0.717, 1.165) is 11.1 Å². The third-order valence-electron chi connectivity index (χ3n) is 3.45. The lowest BCUT2D eigenvalue weighted by Gasteiger charge is -2.11. The molecule has 28 heavy (non-hydrogen) atoms. The fourth-order valence-electron chi connectivity index (χ4n) is 2.38. The van der Waals surface area contributed by atoms with Gasteiger partial charge < -0.3 is 20.5 Å². The molecule has 0 aromatic heterocycles. The Morgan fingerprint density at radius 1 is 1.04 bits per heavy atom. The number of para-hydroxylation sites is 1. The molecule has 0 aliphatic carbocycles. The van der Waals surface area contributed by atoms with Crippen molar-refractivity contribution < 1.29 is 23.9 Å². The molecule has 148 valence electrons. The summed E-state index contributed by atoms with van der Waals surface area (Å²) in [6.07, 6.45) is 0. The number of hydrogen-bond acceptors (Lipinski definition) is 6. The minimum absolute atomic E-state index is 0.0949. The van der Waals surface area contributed by atoms with E-state index >= 15 is 0 Å². The number of ether oxygens (including phenoxy) is 2. The Labute approximate surface area is 167 Å². The highest BCUT2D eigenvalue weighted by atomic mass is 32.2. The highest BCUT2D eigenvalue weighted by Gasteiger charge is 2.11. The summed E-state index contributed by atoms with van der Waals surface area (Å²) in [5, 5.41) is 2.65. The summed E-state index contributed by atoms with van der Waals surface area (Å²) in [5.41, 5.74) is 7.71. The second-order valence-corrected chi connectivity index (χ2v) is 7.09. The van der Waals surface area contributed by atoms with E-state index in [1.54, 1.807) is 24.3 Å².